The van der Waals surface area contributed by atoms with E-state index in [0.29, 0.717) is 13.0 Å². The van der Waals surface area contributed by atoms with Gasteiger partial charge >= 0.3 is 0 Å². The number of hydrogen-bond donors (Lipinski definition) is 2. The van der Waals surface area contributed by atoms with Gasteiger partial charge in [-0.3, -0.25) is 0 Å². The van der Waals surface area contributed by atoms with Gasteiger partial charge < -0.3 is 15.7 Å². The molecule has 0 saturated heterocycles. The van der Waals surface area contributed by atoms with Crippen molar-refractivity contribution in [3.8, 4) is 0 Å². The van der Waals surface area contributed by atoms with Gasteiger partial charge in [0, 0.05) is 5.54 Å². The maximum atomic E-state index is 11.9. The van der Waals surface area contributed by atoms with E-state index in [2.05, 4.69) is 0 Å². The Kier molecular flexibility index (Phi) is 6.15. The first-order chi connectivity index (χ1) is 6.37. The largest absolute Gasteiger partial charge is 0.394 e. The van der Waals surface area contributed by atoms with Crippen LogP contribution in [-0.2, 0) is 0 Å². The highest BCUT2D eigenvalue weighted by Crippen LogP contribution is 2.08. The zero-order chi connectivity index (χ0) is 11.2. The van der Waals surface area contributed by atoms with E-state index < -0.39 is 12.0 Å². The third-order valence-corrected chi connectivity index (χ3v) is 2.10. The summed E-state index contributed by atoms with van der Waals surface area (Å²) in [5.74, 6) is 0. The number of aliphatic hydroxyl groups excluding tert-OH is 1. The van der Waals surface area contributed by atoms with Crippen LogP contribution in [0, 0.1) is 0 Å². The average molecular weight is 210 g/mol. The molecule has 0 aliphatic rings. The minimum atomic E-state index is -2.29. The maximum Gasteiger partial charge on any atom is 0.251 e. The van der Waals surface area contributed by atoms with Crippen molar-refractivity contribution in [2.45, 2.75) is 31.7 Å². The third kappa shape index (κ3) is 7.17. The molecule has 0 radical (unpaired) electrons. The maximum absolute atomic E-state index is 11.9. The lowest BCUT2D eigenvalue weighted by molar-refractivity contribution is 0.0977. The summed E-state index contributed by atoms with van der Waals surface area (Å²) in [4.78, 5) is 1.57. The molecule has 0 aliphatic carbocycles. The van der Waals surface area contributed by atoms with Gasteiger partial charge in [0.25, 0.3) is 6.43 Å². The number of nitrogens with two attached hydrogens (primary N) is 1. The minimum Gasteiger partial charge on any atom is -0.394 e. The Morgan fingerprint density at radius 1 is 1.50 bits per heavy atom. The summed E-state index contributed by atoms with van der Waals surface area (Å²) >= 11 is 0. The molecule has 0 amide bonds. The van der Waals surface area contributed by atoms with Crippen LogP contribution in [0.25, 0.3) is 0 Å². The number of nitrogens with zero attached hydrogens (tertiary/aromatic N) is 1. The van der Waals surface area contributed by atoms with Gasteiger partial charge in [-0.05, 0) is 33.4 Å². The number of halogens is 2. The van der Waals surface area contributed by atoms with Gasteiger partial charge in [-0.25, -0.2) is 8.78 Å². The van der Waals surface area contributed by atoms with Gasteiger partial charge in [-0.15, -0.1) is 0 Å². The Labute approximate surface area is 83.9 Å². The molecule has 0 aromatic heterocycles. The van der Waals surface area contributed by atoms with E-state index in [-0.39, 0.29) is 13.2 Å². The summed E-state index contributed by atoms with van der Waals surface area (Å²) in [5.41, 5.74) is 5.10. The van der Waals surface area contributed by atoms with Crippen LogP contribution in [-0.4, -0.2) is 48.7 Å². The number of aliphatic hydroxyl groups is 1. The van der Waals surface area contributed by atoms with Crippen molar-refractivity contribution >= 4 is 0 Å². The number of rotatable bonds is 7. The standard InChI is InChI=1S/C9H20F2N2O/c1-9(12,7-14)4-3-5-13(2)6-8(10)11/h8,14H,3-7,12H2,1-2H3. The third-order valence-electron chi connectivity index (χ3n) is 2.10. The molecule has 0 aromatic carbocycles. The molecule has 0 rings (SSSR count). The van der Waals surface area contributed by atoms with Crippen molar-refractivity contribution in [2.24, 2.45) is 5.73 Å². The molecule has 0 heterocycles. The summed E-state index contributed by atoms with van der Waals surface area (Å²) in [6, 6.07) is 0. The molecule has 1 unspecified atom stereocenters. The molecule has 3 nitrogen and oxygen atoms in total. The first-order valence-electron chi connectivity index (χ1n) is 4.74. The number of hydrogen-bond acceptors (Lipinski definition) is 3. The molecule has 0 fully saturated rings. The molecule has 14 heavy (non-hydrogen) atoms. The summed E-state index contributed by atoms with van der Waals surface area (Å²) in [7, 11) is 1.65. The van der Waals surface area contributed by atoms with Crippen LogP contribution in [0.2, 0.25) is 0 Å². The van der Waals surface area contributed by atoms with Gasteiger partial charge in [-0.2, -0.15) is 0 Å². The molecule has 1 atom stereocenters. The SMILES string of the molecule is CN(CCCC(C)(N)CO)CC(F)F. The van der Waals surface area contributed by atoms with Crippen LogP contribution >= 0.6 is 0 Å². The molecule has 0 aliphatic heterocycles. The predicted octanol–water partition coefficient (Wildman–Crippen LogP) is 0.673. The lowest BCUT2D eigenvalue weighted by Gasteiger charge is -2.23. The fourth-order valence-electron chi connectivity index (χ4n) is 1.16. The van der Waals surface area contributed by atoms with E-state index in [4.69, 9.17) is 10.8 Å². The van der Waals surface area contributed by atoms with E-state index in [1.807, 2.05) is 0 Å². The van der Waals surface area contributed by atoms with Crippen molar-refractivity contribution in [3.63, 3.8) is 0 Å². The van der Waals surface area contributed by atoms with Gasteiger partial charge in [0.15, 0.2) is 0 Å². The van der Waals surface area contributed by atoms with Crippen molar-refractivity contribution in [3.05, 3.63) is 0 Å². The highest BCUT2D eigenvalue weighted by Gasteiger charge is 2.16. The topological polar surface area (TPSA) is 49.5 Å². The fourth-order valence-corrected chi connectivity index (χ4v) is 1.16. The second-order valence-electron chi connectivity index (χ2n) is 4.07. The molecule has 0 bridgehead atoms. The Morgan fingerprint density at radius 2 is 2.07 bits per heavy atom. The molecule has 3 N–H and O–H groups in total. The molecule has 0 spiro atoms. The minimum absolute atomic E-state index is 0.0778. The number of alkyl halides is 2. The molecule has 0 aromatic rings. The zero-order valence-corrected chi connectivity index (χ0v) is 8.84. The summed E-state index contributed by atoms with van der Waals surface area (Å²) in [5, 5.41) is 8.85. The Hall–Kier alpha value is -0.260. The monoisotopic (exact) mass is 210 g/mol. The van der Waals surface area contributed by atoms with Gasteiger partial charge in [0.05, 0.1) is 13.2 Å². The van der Waals surface area contributed by atoms with E-state index in [9.17, 15) is 8.78 Å². The van der Waals surface area contributed by atoms with Crippen LogP contribution in [0.5, 0.6) is 0 Å². The first-order valence-corrected chi connectivity index (χ1v) is 4.74. The molecule has 5 heteroatoms. The van der Waals surface area contributed by atoms with Crippen molar-refractivity contribution in [2.75, 3.05) is 26.7 Å². The van der Waals surface area contributed by atoms with Gasteiger partial charge in [0.1, 0.15) is 0 Å². The van der Waals surface area contributed by atoms with Crippen LogP contribution in [0.15, 0.2) is 0 Å². The van der Waals surface area contributed by atoms with E-state index in [0.717, 1.165) is 6.42 Å². The smallest absolute Gasteiger partial charge is 0.251 e. The van der Waals surface area contributed by atoms with Crippen LogP contribution in [0.4, 0.5) is 8.78 Å². The average Bonchev–Trinajstić information content (AvgIpc) is 2.02. The van der Waals surface area contributed by atoms with E-state index in [1.165, 1.54) is 0 Å². The lowest BCUT2D eigenvalue weighted by Crippen LogP contribution is -2.40. The van der Waals surface area contributed by atoms with Gasteiger partial charge in [-0.1, -0.05) is 0 Å². The fraction of sp³-hybridized carbons (Fsp3) is 1.00. The van der Waals surface area contributed by atoms with Crippen LogP contribution < -0.4 is 5.73 Å². The Balaban J connectivity index is 3.53. The highest BCUT2D eigenvalue weighted by molar-refractivity contribution is 4.77. The quantitative estimate of drug-likeness (QED) is 0.649. The van der Waals surface area contributed by atoms with Crippen molar-refractivity contribution in [1.82, 2.24) is 4.90 Å². The summed E-state index contributed by atoms with van der Waals surface area (Å²) in [6.45, 7) is 2.04. The normalized spacial score (nSPS) is 16.3. The summed E-state index contributed by atoms with van der Waals surface area (Å²) < 4.78 is 23.8. The molecule has 0 saturated carbocycles. The Bertz CT molecular complexity index is 154. The molecular weight excluding hydrogens is 190 g/mol. The zero-order valence-electron chi connectivity index (χ0n) is 8.84. The van der Waals surface area contributed by atoms with Gasteiger partial charge in [0.2, 0.25) is 0 Å². The second-order valence-corrected chi connectivity index (χ2v) is 4.07. The molecular formula is C9H20F2N2O. The van der Waals surface area contributed by atoms with Crippen LogP contribution in [0.3, 0.4) is 0 Å². The second kappa shape index (κ2) is 6.27. The Morgan fingerprint density at radius 3 is 2.50 bits per heavy atom. The van der Waals surface area contributed by atoms with Crippen molar-refractivity contribution in [1.29, 1.82) is 0 Å². The predicted molar refractivity (Wildman–Crippen MR) is 52.4 cm³/mol. The van der Waals surface area contributed by atoms with E-state index >= 15 is 0 Å². The van der Waals surface area contributed by atoms with Crippen molar-refractivity contribution < 1.29 is 13.9 Å². The molecule has 86 valence electrons. The highest BCUT2D eigenvalue weighted by atomic mass is 19.3. The lowest BCUT2D eigenvalue weighted by atomic mass is 9.98. The first kappa shape index (κ1) is 13.7. The van der Waals surface area contributed by atoms with Crippen LogP contribution in [0.1, 0.15) is 19.8 Å². The van der Waals surface area contributed by atoms with E-state index in [1.54, 1.807) is 18.9 Å². The summed E-state index contributed by atoms with van der Waals surface area (Å²) in [6.07, 6.45) is -0.935.